The molecule has 3 aromatic rings. The molecule has 2 aliphatic rings. The number of imide groups is 2. The largest absolute Gasteiger partial charge is 0.322 e. The molecule has 1 aromatic heterocycles. The third kappa shape index (κ3) is 4.12. The van der Waals surface area contributed by atoms with Crippen LogP contribution in [-0.2, 0) is 16.1 Å². The summed E-state index contributed by atoms with van der Waals surface area (Å²) in [7, 11) is 0. The van der Waals surface area contributed by atoms with Crippen LogP contribution in [0.1, 0.15) is 54.5 Å². The van der Waals surface area contributed by atoms with Crippen LogP contribution in [0.4, 0.5) is 0 Å². The van der Waals surface area contributed by atoms with Gasteiger partial charge in [0.25, 0.3) is 17.7 Å². The molecule has 1 unspecified atom stereocenters. The Bertz CT molecular complexity index is 1400. The monoisotopic (exact) mass is 488 g/mol. The Labute approximate surface area is 204 Å². The number of hydrogen-bond acceptors (Lipinski definition) is 7. The summed E-state index contributed by atoms with van der Waals surface area (Å²) in [6.45, 7) is 1.84. The lowest BCUT2D eigenvalue weighted by molar-refractivity contribution is -0.136. The fraction of sp³-hybridized carbons (Fsp3) is 0.200. The van der Waals surface area contributed by atoms with Crippen molar-refractivity contribution < 1.29 is 24.0 Å². The second-order valence-electron chi connectivity index (χ2n) is 8.32. The summed E-state index contributed by atoms with van der Waals surface area (Å²) < 4.78 is 0. The van der Waals surface area contributed by atoms with Gasteiger partial charge < -0.3 is 4.90 Å². The maximum Gasteiger partial charge on any atom is 0.270 e. The van der Waals surface area contributed by atoms with Crippen molar-refractivity contribution in [3.63, 3.8) is 0 Å². The van der Waals surface area contributed by atoms with Crippen LogP contribution in [0.2, 0.25) is 0 Å². The minimum atomic E-state index is -0.790. The predicted octanol–water partition coefficient (Wildman–Crippen LogP) is 2.45. The van der Waals surface area contributed by atoms with Crippen molar-refractivity contribution in [2.24, 2.45) is 0 Å². The molecular formula is C25H20N4O5S. The van der Waals surface area contributed by atoms with Crippen molar-refractivity contribution >= 4 is 40.9 Å². The lowest BCUT2D eigenvalue weighted by atomic mass is 10.0. The Hall–Kier alpha value is -4.18. The minimum Gasteiger partial charge on any atom is -0.322 e. The number of hydrogen-bond donors (Lipinski definition) is 2. The Kier molecular flexibility index (Phi) is 5.73. The molecule has 1 fully saturated rings. The number of nitrogens with zero attached hydrogens (tertiary/aromatic N) is 2. The molecule has 5 rings (SSSR count). The second-order valence-corrected chi connectivity index (χ2v) is 9.32. The Morgan fingerprint density at radius 3 is 2.57 bits per heavy atom. The van der Waals surface area contributed by atoms with Crippen LogP contribution in [0.5, 0.6) is 0 Å². The Morgan fingerprint density at radius 2 is 1.83 bits per heavy atom. The number of nitrogens with one attached hydrogen (secondary N) is 2. The fourth-order valence-electron chi connectivity index (χ4n) is 4.34. The van der Waals surface area contributed by atoms with Gasteiger partial charge in [0.05, 0.1) is 16.8 Å². The third-order valence-corrected chi connectivity index (χ3v) is 7.25. The highest BCUT2D eigenvalue weighted by Gasteiger charge is 2.40. The number of aromatic nitrogens is 1. The molecule has 176 valence electrons. The van der Waals surface area contributed by atoms with Gasteiger partial charge in [-0.2, -0.15) is 0 Å². The summed E-state index contributed by atoms with van der Waals surface area (Å²) >= 11 is 1.18. The van der Waals surface area contributed by atoms with Gasteiger partial charge in [-0.15, -0.1) is 11.3 Å². The molecule has 5 amide bonds. The highest BCUT2D eigenvalue weighted by Crippen LogP contribution is 2.31. The highest BCUT2D eigenvalue weighted by atomic mass is 32.1. The Morgan fingerprint density at radius 1 is 1.06 bits per heavy atom. The van der Waals surface area contributed by atoms with Gasteiger partial charge in [0.15, 0.2) is 0 Å². The molecule has 1 saturated heterocycles. The van der Waals surface area contributed by atoms with Gasteiger partial charge >= 0.3 is 0 Å². The number of amides is 5. The molecule has 1 atom stereocenters. The number of rotatable bonds is 4. The van der Waals surface area contributed by atoms with E-state index in [1.54, 1.807) is 19.1 Å². The van der Waals surface area contributed by atoms with E-state index in [1.807, 2.05) is 30.3 Å². The zero-order chi connectivity index (χ0) is 24.7. The topological polar surface area (TPSA) is 126 Å². The van der Waals surface area contributed by atoms with Gasteiger partial charge in [0.1, 0.15) is 15.9 Å². The summed E-state index contributed by atoms with van der Waals surface area (Å²) in [6.07, 6.45) is 0.358. The molecular weight excluding hydrogens is 468 g/mol. The van der Waals surface area contributed by atoms with Crippen LogP contribution in [0.25, 0.3) is 10.6 Å². The summed E-state index contributed by atoms with van der Waals surface area (Å²) in [6, 6.07) is 13.4. The molecule has 0 aliphatic carbocycles. The SMILES string of the molecule is Cc1nc(-c2ccccc2)sc1C(=O)NC(=O)c1cccc2c1C(=O)N(C1CCC(=O)NC1=O)C2. The highest BCUT2D eigenvalue weighted by molar-refractivity contribution is 7.17. The van der Waals surface area contributed by atoms with Gasteiger partial charge in [-0.05, 0) is 25.0 Å². The van der Waals surface area contributed by atoms with Gasteiger partial charge in [-0.3, -0.25) is 34.6 Å². The van der Waals surface area contributed by atoms with E-state index in [2.05, 4.69) is 15.6 Å². The van der Waals surface area contributed by atoms with Crippen molar-refractivity contribution in [1.82, 2.24) is 20.5 Å². The normalized spacial score (nSPS) is 17.2. The molecule has 0 saturated carbocycles. The van der Waals surface area contributed by atoms with E-state index >= 15 is 0 Å². The lowest BCUT2D eigenvalue weighted by Gasteiger charge is -2.29. The third-order valence-electron chi connectivity index (χ3n) is 6.05. The number of aryl methyl sites for hydroxylation is 1. The summed E-state index contributed by atoms with van der Waals surface area (Å²) in [5.41, 5.74) is 2.17. The lowest BCUT2D eigenvalue weighted by Crippen LogP contribution is -2.52. The molecule has 0 bridgehead atoms. The first kappa shape index (κ1) is 22.6. The molecule has 2 N–H and O–H groups in total. The van der Waals surface area contributed by atoms with Crippen LogP contribution in [0.3, 0.4) is 0 Å². The summed E-state index contributed by atoms with van der Waals surface area (Å²) in [5.74, 6) is -2.69. The van der Waals surface area contributed by atoms with E-state index in [4.69, 9.17) is 0 Å². The summed E-state index contributed by atoms with van der Waals surface area (Å²) in [4.78, 5) is 69.1. The van der Waals surface area contributed by atoms with E-state index in [-0.39, 0.29) is 36.4 Å². The maximum atomic E-state index is 13.2. The zero-order valence-corrected chi connectivity index (χ0v) is 19.5. The van der Waals surface area contributed by atoms with E-state index in [0.717, 1.165) is 5.56 Å². The van der Waals surface area contributed by atoms with Crippen LogP contribution in [0, 0.1) is 6.92 Å². The van der Waals surface area contributed by atoms with Gasteiger partial charge in [-0.1, -0.05) is 42.5 Å². The Balaban J connectivity index is 1.36. The summed E-state index contributed by atoms with van der Waals surface area (Å²) in [5, 5.41) is 5.29. The molecule has 3 heterocycles. The average Bonchev–Trinajstić information content (AvgIpc) is 3.40. The van der Waals surface area contributed by atoms with Gasteiger partial charge in [0, 0.05) is 18.5 Å². The van der Waals surface area contributed by atoms with Crippen LogP contribution in [-0.4, -0.2) is 45.5 Å². The van der Waals surface area contributed by atoms with Crippen molar-refractivity contribution in [2.45, 2.75) is 32.4 Å². The zero-order valence-electron chi connectivity index (χ0n) is 18.7. The van der Waals surface area contributed by atoms with Crippen molar-refractivity contribution in [2.75, 3.05) is 0 Å². The van der Waals surface area contributed by atoms with Crippen molar-refractivity contribution in [1.29, 1.82) is 0 Å². The van der Waals surface area contributed by atoms with E-state index in [9.17, 15) is 24.0 Å². The first-order chi connectivity index (χ1) is 16.8. The molecule has 9 nitrogen and oxygen atoms in total. The first-order valence-corrected chi connectivity index (χ1v) is 11.8. The van der Waals surface area contributed by atoms with Crippen LogP contribution in [0.15, 0.2) is 48.5 Å². The number of carbonyl (C=O) groups is 5. The smallest absolute Gasteiger partial charge is 0.270 e. The number of benzene rings is 2. The molecule has 0 radical (unpaired) electrons. The van der Waals surface area contributed by atoms with E-state index in [1.165, 1.54) is 22.3 Å². The number of thiazole rings is 1. The molecule has 35 heavy (non-hydrogen) atoms. The quantitative estimate of drug-likeness (QED) is 0.544. The van der Waals surface area contributed by atoms with Crippen molar-refractivity contribution in [3.8, 4) is 10.6 Å². The first-order valence-electron chi connectivity index (χ1n) is 11.0. The molecule has 10 heteroatoms. The number of carbonyl (C=O) groups excluding carboxylic acids is 5. The van der Waals surface area contributed by atoms with Gasteiger partial charge in [0.2, 0.25) is 11.8 Å². The second kappa shape index (κ2) is 8.88. The standard InChI is InChI=1S/C25H20N4O5S/c1-13-20(35-24(26-13)14-6-3-2-4-7-14)23(33)28-21(31)16-9-5-8-15-12-29(25(34)19(15)16)17-10-11-18(30)27-22(17)32/h2-9,17H,10-12H2,1H3,(H,27,30,32)(H,28,31,33). The minimum absolute atomic E-state index is 0.0566. The van der Waals surface area contributed by atoms with Crippen molar-refractivity contribution in [3.05, 3.63) is 75.8 Å². The molecule has 2 aliphatic heterocycles. The predicted molar refractivity (Wildman–Crippen MR) is 127 cm³/mol. The van der Waals surface area contributed by atoms with Crippen LogP contribution < -0.4 is 10.6 Å². The average molecular weight is 489 g/mol. The van der Waals surface area contributed by atoms with E-state index in [0.29, 0.717) is 21.1 Å². The van der Waals surface area contributed by atoms with Gasteiger partial charge in [-0.25, -0.2) is 4.98 Å². The number of piperidine rings is 1. The van der Waals surface area contributed by atoms with E-state index < -0.39 is 29.7 Å². The number of fused-ring (bicyclic) bond motifs is 1. The molecule has 2 aromatic carbocycles. The van der Waals surface area contributed by atoms with Crippen LogP contribution >= 0.6 is 11.3 Å². The maximum absolute atomic E-state index is 13.2. The fourth-order valence-corrected chi connectivity index (χ4v) is 5.31. The molecule has 0 spiro atoms.